The molecular formula is C25H29N5O4. The van der Waals surface area contributed by atoms with Crippen LogP contribution in [-0.2, 0) is 0 Å². The van der Waals surface area contributed by atoms with E-state index < -0.39 is 40.8 Å². The second-order valence-corrected chi connectivity index (χ2v) is 9.16. The Morgan fingerprint density at radius 1 is 1.15 bits per heavy atom. The van der Waals surface area contributed by atoms with Crippen molar-refractivity contribution in [1.29, 1.82) is 0 Å². The molecule has 1 aromatic carbocycles. The lowest BCUT2D eigenvalue weighted by molar-refractivity contribution is 0.0819. The Balaban J connectivity index is 1.75. The normalized spacial score (nSPS) is 17.4. The van der Waals surface area contributed by atoms with Gasteiger partial charge in [-0.3, -0.25) is 19.4 Å². The van der Waals surface area contributed by atoms with E-state index in [4.69, 9.17) is 4.11 Å². The van der Waals surface area contributed by atoms with Gasteiger partial charge in [0.2, 0.25) is 0 Å². The first-order valence-electron chi connectivity index (χ1n) is 12.6. The Bertz CT molecular complexity index is 1410. The Kier molecular flexibility index (Phi) is 5.15. The average Bonchev–Trinajstić information content (AvgIpc) is 3.30. The first-order chi connectivity index (χ1) is 17.3. The van der Waals surface area contributed by atoms with Gasteiger partial charge in [-0.1, -0.05) is 25.8 Å². The number of aromatic hydroxyl groups is 1. The number of nitrogens with zero attached hydrogens (tertiary/aromatic N) is 3. The number of aromatic nitrogens is 2. The minimum Gasteiger partial charge on any atom is -0.504 e. The fourth-order valence-electron chi connectivity index (χ4n) is 4.54. The van der Waals surface area contributed by atoms with Crippen LogP contribution < -0.4 is 21.5 Å². The highest BCUT2D eigenvalue weighted by atomic mass is 16.3. The molecule has 1 saturated carbocycles. The molecule has 3 aromatic rings. The predicted octanol–water partition coefficient (Wildman–Crippen LogP) is 3.27. The number of hydrogen-bond donors (Lipinski definition) is 3. The third-order valence-corrected chi connectivity index (χ3v) is 6.55. The largest absolute Gasteiger partial charge is 0.504 e. The van der Waals surface area contributed by atoms with Crippen molar-refractivity contribution in [1.82, 2.24) is 14.9 Å². The summed E-state index contributed by atoms with van der Waals surface area (Å²) in [6, 6.07) is 3.78. The summed E-state index contributed by atoms with van der Waals surface area (Å²) >= 11 is 0. The van der Waals surface area contributed by atoms with E-state index >= 15 is 0 Å². The summed E-state index contributed by atoms with van der Waals surface area (Å²) in [6.45, 7) is -0.409. The van der Waals surface area contributed by atoms with Gasteiger partial charge in [-0.25, -0.2) is 4.98 Å². The summed E-state index contributed by atoms with van der Waals surface area (Å²) in [7, 11) is 3.02. The quantitative estimate of drug-likeness (QED) is 0.453. The monoisotopic (exact) mass is 466 g/mol. The molecule has 3 N–H and O–H groups in total. The second-order valence-electron chi connectivity index (χ2n) is 9.16. The fraction of sp³-hybridized carbons (Fsp3) is 0.400. The molecule has 2 aromatic heterocycles. The molecule has 0 unspecified atom stereocenters. The number of carbonyl (C=O) groups excluding carboxylic acids is 1. The van der Waals surface area contributed by atoms with Crippen LogP contribution in [0.25, 0.3) is 0 Å². The average molecular weight is 467 g/mol. The van der Waals surface area contributed by atoms with Gasteiger partial charge in [0.1, 0.15) is 11.4 Å². The molecule has 1 aliphatic rings. The van der Waals surface area contributed by atoms with Gasteiger partial charge in [-0.15, -0.1) is 0 Å². The SMILES string of the molecule is [2H]C([2H])([2H])c1cccnc1[C@H](Nc1c(Nc2ccnc(C(=O)N(C)C)c2O)c(=O)c1=O)C1(C)CCCC1. The number of pyridine rings is 2. The number of aryl methyl sites for hydroxylation is 1. The maximum absolute atomic E-state index is 12.7. The van der Waals surface area contributed by atoms with Crippen LogP contribution in [0.5, 0.6) is 5.75 Å². The predicted molar refractivity (Wildman–Crippen MR) is 130 cm³/mol. The number of hydrogen-bond acceptors (Lipinski definition) is 8. The summed E-state index contributed by atoms with van der Waals surface area (Å²) in [4.78, 5) is 47.2. The third-order valence-electron chi connectivity index (χ3n) is 6.55. The summed E-state index contributed by atoms with van der Waals surface area (Å²) < 4.78 is 24.0. The molecule has 2 heterocycles. The summed E-state index contributed by atoms with van der Waals surface area (Å²) in [5.74, 6) is -1.00. The van der Waals surface area contributed by atoms with Gasteiger partial charge in [0.05, 0.1) is 17.4 Å². The molecule has 1 amide bonds. The van der Waals surface area contributed by atoms with Crippen LogP contribution in [0.3, 0.4) is 0 Å². The van der Waals surface area contributed by atoms with Gasteiger partial charge < -0.3 is 20.6 Å². The molecule has 0 aliphatic heterocycles. The molecule has 1 atom stereocenters. The van der Waals surface area contributed by atoms with Crippen LogP contribution in [-0.4, -0.2) is 40.0 Å². The fourth-order valence-corrected chi connectivity index (χ4v) is 4.54. The van der Waals surface area contributed by atoms with E-state index in [1.165, 1.54) is 43.5 Å². The van der Waals surface area contributed by atoms with E-state index in [1.807, 2.05) is 6.92 Å². The lowest BCUT2D eigenvalue weighted by Crippen LogP contribution is -2.40. The molecule has 9 heteroatoms. The standard InChI is InChI=1S/C25H29N5O4/c1-14-8-7-12-26-16(14)23(25(2)10-5-6-11-25)29-18-17(21(32)22(18)33)28-15-9-13-27-19(20(15)31)24(34)30(3)4/h7-9,12-13,23,29,31H,5-6,10-11H2,1-4H3,(H,27,28)/t23-/m0/s1/i1D3. The Morgan fingerprint density at radius 3 is 2.53 bits per heavy atom. The molecule has 34 heavy (non-hydrogen) atoms. The van der Waals surface area contributed by atoms with Crippen molar-refractivity contribution in [2.75, 3.05) is 24.7 Å². The van der Waals surface area contributed by atoms with Gasteiger partial charge in [-0.05, 0) is 42.8 Å². The number of nitrogens with one attached hydrogen (secondary N) is 2. The molecule has 9 nitrogen and oxygen atoms in total. The van der Waals surface area contributed by atoms with Crippen LogP contribution in [0.2, 0.25) is 0 Å². The smallest absolute Gasteiger partial charge is 0.275 e. The summed E-state index contributed by atoms with van der Waals surface area (Å²) in [6.07, 6.45) is 6.25. The van der Waals surface area contributed by atoms with Gasteiger partial charge in [0.25, 0.3) is 16.8 Å². The minimum atomic E-state index is -2.43. The van der Waals surface area contributed by atoms with Crippen molar-refractivity contribution >= 4 is 23.0 Å². The zero-order valence-corrected chi connectivity index (χ0v) is 19.3. The van der Waals surface area contributed by atoms with E-state index in [-0.39, 0.29) is 28.3 Å². The van der Waals surface area contributed by atoms with Crippen LogP contribution in [0.1, 0.15) is 64.5 Å². The lowest BCUT2D eigenvalue weighted by atomic mass is 9.77. The van der Waals surface area contributed by atoms with Crippen molar-refractivity contribution in [3.63, 3.8) is 0 Å². The lowest BCUT2D eigenvalue weighted by Gasteiger charge is -2.36. The number of carbonyl (C=O) groups is 1. The highest BCUT2D eigenvalue weighted by Gasteiger charge is 2.41. The first kappa shape index (κ1) is 19.7. The van der Waals surface area contributed by atoms with Crippen LogP contribution in [0, 0.1) is 12.3 Å². The molecule has 4 rings (SSSR count). The van der Waals surface area contributed by atoms with Crippen LogP contribution in [0.4, 0.5) is 17.1 Å². The highest BCUT2D eigenvalue weighted by Crippen LogP contribution is 2.49. The minimum absolute atomic E-state index is 0.0260. The van der Waals surface area contributed by atoms with Crippen LogP contribution >= 0.6 is 0 Å². The number of amides is 1. The van der Waals surface area contributed by atoms with Crippen molar-refractivity contribution in [2.24, 2.45) is 5.41 Å². The van der Waals surface area contributed by atoms with E-state index in [9.17, 15) is 19.5 Å². The Morgan fingerprint density at radius 2 is 1.85 bits per heavy atom. The van der Waals surface area contributed by atoms with Gasteiger partial charge in [0.15, 0.2) is 11.4 Å². The molecule has 0 spiro atoms. The molecule has 0 bridgehead atoms. The topological polar surface area (TPSA) is 125 Å². The molecule has 178 valence electrons. The van der Waals surface area contributed by atoms with E-state index in [0.29, 0.717) is 5.69 Å². The third kappa shape index (κ3) is 4.02. The van der Waals surface area contributed by atoms with Crippen molar-refractivity contribution in [3.8, 4) is 5.75 Å². The number of anilines is 3. The van der Waals surface area contributed by atoms with Gasteiger partial charge in [0, 0.05) is 30.6 Å². The molecule has 1 aliphatic carbocycles. The molecule has 0 radical (unpaired) electrons. The summed E-state index contributed by atoms with van der Waals surface area (Å²) in [5.41, 5.74) is -1.91. The van der Waals surface area contributed by atoms with Crippen molar-refractivity contribution in [3.05, 3.63) is 68.0 Å². The Hall–Kier alpha value is -3.75. The molecule has 0 saturated heterocycles. The molecule has 1 fully saturated rings. The number of rotatable bonds is 7. The van der Waals surface area contributed by atoms with Crippen LogP contribution in [0.15, 0.2) is 40.2 Å². The maximum Gasteiger partial charge on any atom is 0.275 e. The van der Waals surface area contributed by atoms with E-state index in [2.05, 4.69) is 20.6 Å². The van der Waals surface area contributed by atoms with E-state index in [0.717, 1.165) is 25.7 Å². The van der Waals surface area contributed by atoms with E-state index in [1.54, 1.807) is 6.07 Å². The van der Waals surface area contributed by atoms with Gasteiger partial charge >= 0.3 is 0 Å². The zero-order valence-electron chi connectivity index (χ0n) is 22.3. The van der Waals surface area contributed by atoms with Crippen molar-refractivity contribution < 1.29 is 14.0 Å². The maximum atomic E-state index is 12.7. The first-order valence-corrected chi connectivity index (χ1v) is 11.1. The highest BCUT2D eigenvalue weighted by molar-refractivity contribution is 5.97. The summed E-state index contributed by atoms with van der Waals surface area (Å²) in [5, 5.41) is 16.6. The van der Waals surface area contributed by atoms with Crippen molar-refractivity contribution in [2.45, 2.75) is 45.5 Å². The molecular weight excluding hydrogens is 434 g/mol. The zero-order chi connectivity index (χ0) is 27.1. The second kappa shape index (κ2) is 8.89. The Labute approximate surface area is 201 Å². The van der Waals surface area contributed by atoms with Gasteiger partial charge in [-0.2, -0.15) is 0 Å².